The van der Waals surface area contributed by atoms with Gasteiger partial charge in [-0.15, -0.1) is 0 Å². The lowest BCUT2D eigenvalue weighted by atomic mass is 9.91. The predicted octanol–water partition coefficient (Wildman–Crippen LogP) is 3.06. The average Bonchev–Trinajstić information content (AvgIpc) is 2.42. The van der Waals surface area contributed by atoms with E-state index in [2.05, 4.69) is 5.32 Å². The summed E-state index contributed by atoms with van der Waals surface area (Å²) in [7, 11) is 0. The lowest BCUT2D eigenvalue weighted by Crippen LogP contribution is -2.55. The summed E-state index contributed by atoms with van der Waals surface area (Å²) in [4.78, 5) is 13.1. The molecule has 1 aliphatic heterocycles. The molecule has 1 saturated heterocycles. The highest BCUT2D eigenvalue weighted by Gasteiger charge is 2.54. The van der Waals surface area contributed by atoms with Gasteiger partial charge in [-0.2, -0.15) is 13.2 Å². The quantitative estimate of drug-likeness (QED) is 0.782. The molecule has 4 nitrogen and oxygen atoms in total. The van der Waals surface area contributed by atoms with Crippen LogP contribution in [0.5, 0.6) is 0 Å². The van der Waals surface area contributed by atoms with E-state index in [1.54, 1.807) is 6.92 Å². The Morgan fingerprint density at radius 2 is 1.91 bits per heavy atom. The first-order valence-electron chi connectivity index (χ1n) is 6.73. The number of nitrogens with zero attached hydrogens (tertiary/aromatic N) is 1. The number of rotatable bonds is 1. The van der Waals surface area contributed by atoms with Crippen LogP contribution in [0.25, 0.3) is 0 Å². The van der Waals surface area contributed by atoms with Crippen LogP contribution < -0.4 is 5.32 Å². The third-order valence-corrected chi connectivity index (χ3v) is 3.77. The monoisotopic (exact) mass is 320 g/mol. The Bertz CT molecular complexity index is 566. The van der Waals surface area contributed by atoms with Gasteiger partial charge in [-0.3, -0.25) is 0 Å². The molecule has 1 aliphatic rings. The Balaban J connectivity index is 2.00. The zero-order valence-corrected chi connectivity index (χ0v) is 11.9. The van der Waals surface area contributed by atoms with Gasteiger partial charge < -0.3 is 15.3 Å². The van der Waals surface area contributed by atoms with Gasteiger partial charge in [0, 0.05) is 25.9 Å². The summed E-state index contributed by atoms with van der Waals surface area (Å²) in [6.45, 7) is 1.21. The fraction of sp³-hybridized carbons (Fsp3) is 0.500. The molecule has 22 heavy (non-hydrogen) atoms. The maximum Gasteiger partial charge on any atom is 0.417 e. The molecule has 1 aromatic rings. The molecule has 0 unspecified atom stereocenters. The number of carbonyl (C=O) groups excluding carboxylic acids is 1. The molecule has 8 heteroatoms. The van der Waals surface area contributed by atoms with E-state index in [1.165, 1.54) is 18.2 Å². The van der Waals surface area contributed by atoms with Crippen molar-refractivity contribution in [2.24, 2.45) is 0 Å². The highest BCUT2D eigenvalue weighted by molar-refractivity contribution is 5.89. The maximum absolute atomic E-state index is 13.6. The largest absolute Gasteiger partial charge is 0.417 e. The van der Waals surface area contributed by atoms with E-state index in [9.17, 15) is 27.5 Å². The summed E-state index contributed by atoms with van der Waals surface area (Å²) in [6.07, 6.45) is -5.92. The van der Waals surface area contributed by atoms with E-state index in [0.717, 1.165) is 10.5 Å². The number of alkyl halides is 3. The number of carbonyl (C=O) groups is 1. The van der Waals surface area contributed by atoms with Crippen LogP contribution in [0.4, 0.5) is 28.0 Å². The van der Waals surface area contributed by atoms with E-state index in [-0.39, 0.29) is 18.8 Å². The second-order valence-electron chi connectivity index (χ2n) is 5.43. The van der Waals surface area contributed by atoms with Gasteiger partial charge in [-0.1, -0.05) is 6.07 Å². The van der Waals surface area contributed by atoms with E-state index >= 15 is 0 Å². The SMILES string of the molecule is Cc1ccc(F)c(NC(=O)N2CCC(O)(C(F)(F)F)CC2)c1. The van der Waals surface area contributed by atoms with Crippen LogP contribution in [0.3, 0.4) is 0 Å². The van der Waals surface area contributed by atoms with Gasteiger partial charge in [-0.25, -0.2) is 9.18 Å². The molecular weight excluding hydrogens is 304 g/mol. The summed E-state index contributed by atoms with van der Waals surface area (Å²) in [5.74, 6) is -0.622. The first-order valence-corrected chi connectivity index (χ1v) is 6.73. The maximum atomic E-state index is 13.6. The van der Waals surface area contributed by atoms with Crippen molar-refractivity contribution >= 4 is 11.7 Å². The Hall–Kier alpha value is -1.83. The van der Waals surface area contributed by atoms with Crippen molar-refractivity contribution in [2.75, 3.05) is 18.4 Å². The third kappa shape index (κ3) is 3.32. The number of nitrogens with one attached hydrogen (secondary N) is 1. The smallest absolute Gasteiger partial charge is 0.380 e. The molecule has 0 aliphatic carbocycles. The number of likely N-dealkylation sites (tertiary alicyclic amines) is 1. The fourth-order valence-electron chi connectivity index (χ4n) is 2.29. The summed E-state index contributed by atoms with van der Waals surface area (Å²) >= 11 is 0. The molecule has 0 saturated carbocycles. The van der Waals surface area contributed by atoms with Crippen molar-refractivity contribution in [1.82, 2.24) is 4.90 Å². The van der Waals surface area contributed by atoms with Crippen LogP contribution in [0, 0.1) is 12.7 Å². The second kappa shape index (κ2) is 5.75. The Kier molecular flexibility index (Phi) is 4.32. The predicted molar refractivity (Wildman–Crippen MR) is 72.0 cm³/mol. The minimum atomic E-state index is -4.72. The number of aryl methyl sites for hydroxylation is 1. The van der Waals surface area contributed by atoms with Crippen LogP contribution in [0.15, 0.2) is 18.2 Å². The van der Waals surface area contributed by atoms with Gasteiger partial charge in [0.05, 0.1) is 5.69 Å². The van der Waals surface area contributed by atoms with Crippen molar-refractivity contribution in [1.29, 1.82) is 0 Å². The third-order valence-electron chi connectivity index (χ3n) is 3.77. The molecule has 0 radical (unpaired) electrons. The van der Waals surface area contributed by atoms with Crippen molar-refractivity contribution in [2.45, 2.75) is 31.5 Å². The summed E-state index contributed by atoms with van der Waals surface area (Å²) in [5.41, 5.74) is -2.05. The lowest BCUT2D eigenvalue weighted by molar-refractivity contribution is -0.271. The molecule has 2 N–H and O–H groups in total. The molecule has 122 valence electrons. The number of hydrogen-bond acceptors (Lipinski definition) is 2. The molecule has 0 aromatic heterocycles. The zero-order chi connectivity index (χ0) is 16.5. The topological polar surface area (TPSA) is 52.6 Å². The van der Waals surface area contributed by atoms with Crippen LogP contribution in [0.2, 0.25) is 0 Å². The summed E-state index contributed by atoms with van der Waals surface area (Å²) < 4.78 is 51.6. The molecule has 2 rings (SSSR count). The van der Waals surface area contributed by atoms with E-state index in [0.29, 0.717) is 0 Å². The summed E-state index contributed by atoms with van der Waals surface area (Å²) in [5, 5.41) is 11.9. The number of benzene rings is 1. The van der Waals surface area contributed by atoms with Gasteiger partial charge >= 0.3 is 12.2 Å². The number of piperidine rings is 1. The van der Waals surface area contributed by atoms with E-state index in [4.69, 9.17) is 0 Å². The standard InChI is InChI=1S/C14H16F4N2O2/c1-9-2-3-10(15)11(8-9)19-12(21)20-6-4-13(22,5-7-20)14(16,17)18/h2-3,8,22H,4-7H2,1H3,(H,19,21). The molecule has 0 spiro atoms. The highest BCUT2D eigenvalue weighted by Crippen LogP contribution is 2.38. The van der Waals surface area contributed by atoms with Crippen LogP contribution in [-0.4, -0.2) is 40.9 Å². The highest BCUT2D eigenvalue weighted by atomic mass is 19.4. The average molecular weight is 320 g/mol. The Labute approximate surface area is 124 Å². The first kappa shape index (κ1) is 16.5. The number of amides is 2. The molecular formula is C14H16F4N2O2. The van der Waals surface area contributed by atoms with Gasteiger partial charge in [0.15, 0.2) is 5.60 Å². The number of urea groups is 1. The molecule has 1 fully saturated rings. The minimum absolute atomic E-state index is 0.0262. The molecule has 2 amide bonds. The second-order valence-corrected chi connectivity index (χ2v) is 5.43. The molecule has 1 aromatic carbocycles. The number of halogens is 4. The van der Waals surface area contributed by atoms with Gasteiger partial charge in [0.2, 0.25) is 0 Å². The normalized spacial score (nSPS) is 18.2. The van der Waals surface area contributed by atoms with Crippen molar-refractivity contribution in [3.05, 3.63) is 29.6 Å². The molecule has 0 bridgehead atoms. The Morgan fingerprint density at radius 3 is 2.45 bits per heavy atom. The fourth-order valence-corrected chi connectivity index (χ4v) is 2.29. The number of aliphatic hydroxyl groups is 1. The van der Waals surface area contributed by atoms with E-state index in [1.807, 2.05) is 0 Å². The number of anilines is 1. The lowest BCUT2D eigenvalue weighted by Gasteiger charge is -2.39. The van der Waals surface area contributed by atoms with Gasteiger partial charge in [0.1, 0.15) is 5.82 Å². The van der Waals surface area contributed by atoms with Crippen molar-refractivity contribution < 1.29 is 27.5 Å². The van der Waals surface area contributed by atoms with Gasteiger partial charge in [0.25, 0.3) is 0 Å². The van der Waals surface area contributed by atoms with Crippen molar-refractivity contribution in [3.63, 3.8) is 0 Å². The summed E-state index contributed by atoms with van der Waals surface area (Å²) in [6, 6.07) is 3.48. The minimum Gasteiger partial charge on any atom is -0.380 e. The zero-order valence-electron chi connectivity index (χ0n) is 11.9. The van der Waals surface area contributed by atoms with Crippen LogP contribution in [-0.2, 0) is 0 Å². The molecule has 1 heterocycles. The van der Waals surface area contributed by atoms with E-state index < -0.39 is 36.5 Å². The van der Waals surface area contributed by atoms with Crippen LogP contribution in [0.1, 0.15) is 18.4 Å². The molecule has 0 atom stereocenters. The van der Waals surface area contributed by atoms with Gasteiger partial charge in [-0.05, 0) is 24.6 Å². The van der Waals surface area contributed by atoms with Crippen LogP contribution >= 0.6 is 0 Å². The first-order chi connectivity index (χ1) is 10.1. The van der Waals surface area contributed by atoms with Crippen molar-refractivity contribution in [3.8, 4) is 0 Å². The number of hydrogen-bond donors (Lipinski definition) is 2. The Morgan fingerprint density at radius 1 is 1.32 bits per heavy atom.